The van der Waals surface area contributed by atoms with E-state index in [1.54, 1.807) is 12.3 Å². The van der Waals surface area contributed by atoms with Gasteiger partial charge in [0.1, 0.15) is 18.0 Å². The van der Waals surface area contributed by atoms with Gasteiger partial charge < -0.3 is 10.1 Å². The number of nitrogens with one attached hydrogen (secondary N) is 1. The summed E-state index contributed by atoms with van der Waals surface area (Å²) in [4.78, 5) is 16.5. The van der Waals surface area contributed by atoms with E-state index in [9.17, 15) is 0 Å². The number of ether oxygens (including phenoxy) is 1. The Hall–Kier alpha value is -2.24. The zero-order valence-electron chi connectivity index (χ0n) is 10.4. The molecule has 0 amide bonds. The highest BCUT2D eigenvalue weighted by Gasteiger charge is 2.00. The third-order valence-electron chi connectivity index (χ3n) is 2.22. The van der Waals surface area contributed by atoms with Crippen molar-refractivity contribution in [3.8, 4) is 5.88 Å². The van der Waals surface area contributed by atoms with E-state index in [2.05, 4.69) is 25.3 Å². The lowest BCUT2D eigenvalue weighted by Crippen LogP contribution is -2.05. The summed E-state index contributed by atoms with van der Waals surface area (Å²) < 4.78 is 5.30. The van der Waals surface area contributed by atoms with Crippen LogP contribution in [0.4, 0.5) is 5.82 Å². The molecule has 0 aliphatic carbocycles. The van der Waals surface area contributed by atoms with Crippen LogP contribution in [-0.2, 0) is 6.54 Å². The predicted molar refractivity (Wildman–Crippen MR) is 67.3 cm³/mol. The molecule has 94 valence electrons. The molecule has 0 aromatic carbocycles. The van der Waals surface area contributed by atoms with Crippen molar-refractivity contribution in [3.05, 3.63) is 36.2 Å². The molecule has 0 saturated carbocycles. The summed E-state index contributed by atoms with van der Waals surface area (Å²) in [7, 11) is 0. The van der Waals surface area contributed by atoms with Gasteiger partial charge in [-0.2, -0.15) is 0 Å². The highest BCUT2D eigenvalue weighted by Crippen LogP contribution is 2.11. The Morgan fingerprint density at radius 1 is 1.28 bits per heavy atom. The first-order valence-corrected chi connectivity index (χ1v) is 5.75. The first-order chi connectivity index (χ1) is 8.78. The number of aromatic nitrogens is 4. The average Bonchev–Trinajstić information content (AvgIpc) is 2.37. The fraction of sp³-hybridized carbons (Fsp3) is 0.333. The average molecular weight is 245 g/mol. The third-order valence-corrected chi connectivity index (χ3v) is 2.22. The molecule has 18 heavy (non-hydrogen) atoms. The third kappa shape index (κ3) is 3.38. The van der Waals surface area contributed by atoms with Gasteiger partial charge in [0.15, 0.2) is 0 Å². The Kier molecular flexibility index (Phi) is 4.01. The molecule has 0 radical (unpaired) electrons. The van der Waals surface area contributed by atoms with Gasteiger partial charge >= 0.3 is 0 Å². The van der Waals surface area contributed by atoms with E-state index in [0.29, 0.717) is 24.8 Å². The number of hydrogen-bond acceptors (Lipinski definition) is 6. The lowest BCUT2D eigenvalue weighted by atomic mass is 10.4. The molecule has 0 aliphatic rings. The maximum absolute atomic E-state index is 5.30. The number of rotatable bonds is 5. The van der Waals surface area contributed by atoms with Crippen molar-refractivity contribution >= 4 is 5.82 Å². The molecule has 0 saturated heterocycles. The van der Waals surface area contributed by atoms with E-state index in [4.69, 9.17) is 4.74 Å². The lowest BCUT2D eigenvalue weighted by molar-refractivity contribution is 0.326. The summed E-state index contributed by atoms with van der Waals surface area (Å²) >= 11 is 0. The molecule has 2 rings (SSSR count). The highest BCUT2D eigenvalue weighted by atomic mass is 16.5. The summed E-state index contributed by atoms with van der Waals surface area (Å²) in [5, 5.41) is 3.17. The minimum atomic E-state index is 0.564. The maximum Gasteiger partial charge on any atom is 0.218 e. The molecule has 6 nitrogen and oxygen atoms in total. The first kappa shape index (κ1) is 12.2. The normalized spacial score (nSPS) is 10.1. The molecule has 0 atom stereocenters. The Morgan fingerprint density at radius 3 is 2.94 bits per heavy atom. The zero-order valence-corrected chi connectivity index (χ0v) is 10.4. The van der Waals surface area contributed by atoms with E-state index >= 15 is 0 Å². The highest BCUT2D eigenvalue weighted by molar-refractivity contribution is 5.37. The van der Waals surface area contributed by atoms with Crippen LogP contribution in [0.2, 0.25) is 0 Å². The second-order valence-corrected chi connectivity index (χ2v) is 3.62. The Balaban J connectivity index is 1.99. The minimum absolute atomic E-state index is 0.564. The molecule has 0 spiro atoms. The Morgan fingerprint density at radius 2 is 2.17 bits per heavy atom. The van der Waals surface area contributed by atoms with Crippen LogP contribution in [0.3, 0.4) is 0 Å². The van der Waals surface area contributed by atoms with Crippen LogP contribution in [-0.4, -0.2) is 26.5 Å². The van der Waals surface area contributed by atoms with Gasteiger partial charge in [-0.05, 0) is 19.9 Å². The van der Waals surface area contributed by atoms with Crippen molar-refractivity contribution in [1.29, 1.82) is 0 Å². The van der Waals surface area contributed by atoms with Gasteiger partial charge in [0.05, 0.1) is 18.8 Å². The topological polar surface area (TPSA) is 72.8 Å². The van der Waals surface area contributed by atoms with Crippen molar-refractivity contribution in [1.82, 2.24) is 19.9 Å². The van der Waals surface area contributed by atoms with Crippen molar-refractivity contribution < 1.29 is 4.74 Å². The monoisotopic (exact) mass is 245 g/mol. The summed E-state index contributed by atoms with van der Waals surface area (Å²) in [6.07, 6.45) is 3.21. The fourth-order valence-corrected chi connectivity index (χ4v) is 1.45. The van der Waals surface area contributed by atoms with Gasteiger partial charge in [0, 0.05) is 12.3 Å². The number of hydrogen-bond donors (Lipinski definition) is 1. The molecule has 0 bridgehead atoms. The fourth-order valence-electron chi connectivity index (χ4n) is 1.45. The van der Waals surface area contributed by atoms with Crippen LogP contribution in [0, 0.1) is 6.92 Å². The van der Waals surface area contributed by atoms with Crippen LogP contribution in [0.25, 0.3) is 0 Å². The number of anilines is 1. The second-order valence-electron chi connectivity index (χ2n) is 3.62. The molecule has 0 aliphatic heterocycles. The summed E-state index contributed by atoms with van der Waals surface area (Å²) in [6.45, 7) is 4.95. The van der Waals surface area contributed by atoms with Gasteiger partial charge in [-0.1, -0.05) is 0 Å². The summed E-state index contributed by atoms with van der Waals surface area (Å²) in [5.41, 5.74) is 0.916. The van der Waals surface area contributed by atoms with Crippen LogP contribution >= 0.6 is 0 Å². The van der Waals surface area contributed by atoms with Gasteiger partial charge in [0.2, 0.25) is 5.88 Å². The van der Waals surface area contributed by atoms with Gasteiger partial charge in [-0.15, -0.1) is 0 Å². The lowest BCUT2D eigenvalue weighted by Gasteiger charge is -2.06. The van der Waals surface area contributed by atoms with Crippen molar-refractivity contribution in [2.24, 2.45) is 0 Å². The largest absolute Gasteiger partial charge is 0.478 e. The van der Waals surface area contributed by atoms with Crippen LogP contribution < -0.4 is 10.1 Å². The van der Waals surface area contributed by atoms with Gasteiger partial charge in [-0.25, -0.2) is 19.9 Å². The molecule has 2 aromatic rings. The van der Waals surface area contributed by atoms with E-state index < -0.39 is 0 Å². The first-order valence-electron chi connectivity index (χ1n) is 5.75. The smallest absolute Gasteiger partial charge is 0.218 e. The summed E-state index contributed by atoms with van der Waals surface area (Å²) in [6, 6.07) is 3.63. The van der Waals surface area contributed by atoms with E-state index in [1.165, 1.54) is 6.33 Å². The zero-order chi connectivity index (χ0) is 12.8. The van der Waals surface area contributed by atoms with Crippen LogP contribution in [0.5, 0.6) is 5.88 Å². The SMILES string of the molecule is CCOc1cc(NCc2ccnc(C)n2)ncn1. The van der Waals surface area contributed by atoms with Gasteiger partial charge in [0.25, 0.3) is 0 Å². The maximum atomic E-state index is 5.30. The van der Waals surface area contributed by atoms with Crippen LogP contribution in [0.15, 0.2) is 24.7 Å². The molecule has 2 aromatic heterocycles. The molecular weight excluding hydrogens is 230 g/mol. The van der Waals surface area contributed by atoms with E-state index in [-0.39, 0.29) is 0 Å². The van der Waals surface area contributed by atoms with Crippen LogP contribution in [0.1, 0.15) is 18.4 Å². The molecule has 6 heteroatoms. The minimum Gasteiger partial charge on any atom is -0.478 e. The van der Waals surface area contributed by atoms with E-state index in [0.717, 1.165) is 11.5 Å². The quantitative estimate of drug-likeness (QED) is 0.862. The van der Waals surface area contributed by atoms with E-state index in [1.807, 2.05) is 19.9 Å². The number of aryl methyl sites for hydroxylation is 1. The molecular formula is C12H15N5O. The van der Waals surface area contributed by atoms with Crippen molar-refractivity contribution in [2.45, 2.75) is 20.4 Å². The molecule has 2 heterocycles. The second kappa shape index (κ2) is 5.90. The standard InChI is InChI=1S/C12H15N5O/c1-3-18-12-6-11(15-8-16-12)14-7-10-4-5-13-9(2)17-10/h4-6,8H,3,7H2,1-2H3,(H,14,15,16). The summed E-state index contributed by atoms with van der Waals surface area (Å²) in [5.74, 6) is 2.03. The van der Waals surface area contributed by atoms with Crippen molar-refractivity contribution in [2.75, 3.05) is 11.9 Å². The molecule has 0 unspecified atom stereocenters. The molecule has 1 N–H and O–H groups in total. The predicted octanol–water partition coefficient (Wildman–Crippen LogP) is 1.59. The Labute approximate surface area is 105 Å². The Bertz CT molecular complexity index is 517. The molecule has 0 fully saturated rings. The van der Waals surface area contributed by atoms with Gasteiger partial charge in [-0.3, -0.25) is 0 Å². The number of nitrogens with zero attached hydrogens (tertiary/aromatic N) is 4. The van der Waals surface area contributed by atoms with Crippen molar-refractivity contribution in [3.63, 3.8) is 0 Å².